The summed E-state index contributed by atoms with van der Waals surface area (Å²) in [6.45, 7) is 3.74. The smallest absolute Gasteiger partial charge is 0.184 e. The number of hydrogen-bond donors (Lipinski definition) is 1. The number of benzene rings is 4. The number of aliphatic hydroxyl groups is 1. The molecule has 0 amide bonds. The maximum atomic E-state index is 11.5. The molecule has 4 aromatic rings. The molecule has 1 unspecified atom stereocenters. The molecule has 8 heteroatoms. The molecule has 0 aromatic heterocycles. The number of rotatable bonds is 15. The normalized spacial score (nSPS) is 27.5. The third-order valence-corrected chi connectivity index (χ3v) is 8.77. The molecule has 8 atom stereocenters. The summed E-state index contributed by atoms with van der Waals surface area (Å²) >= 11 is 0. The monoisotopic (exact) mass is 654 g/mol. The lowest BCUT2D eigenvalue weighted by molar-refractivity contribution is -0.348. The second kappa shape index (κ2) is 17.8. The third kappa shape index (κ3) is 9.81. The molecule has 1 N–H and O–H groups in total. The van der Waals surface area contributed by atoms with Crippen molar-refractivity contribution in [3.63, 3.8) is 0 Å². The Bertz CT molecular complexity index is 1460. The first kappa shape index (κ1) is 34.4. The van der Waals surface area contributed by atoms with Crippen LogP contribution in [0.25, 0.3) is 0 Å². The Morgan fingerprint density at radius 2 is 1.04 bits per heavy atom. The zero-order valence-electron chi connectivity index (χ0n) is 27.4. The maximum absolute atomic E-state index is 11.5. The van der Waals surface area contributed by atoms with E-state index in [1.54, 1.807) is 0 Å². The van der Waals surface area contributed by atoms with E-state index in [9.17, 15) is 5.11 Å². The van der Waals surface area contributed by atoms with Crippen molar-refractivity contribution >= 4 is 0 Å². The summed E-state index contributed by atoms with van der Waals surface area (Å²) in [4.78, 5) is 0. The van der Waals surface area contributed by atoms with Gasteiger partial charge in [-0.25, -0.2) is 0 Å². The van der Waals surface area contributed by atoms with Gasteiger partial charge in [-0.1, -0.05) is 121 Å². The van der Waals surface area contributed by atoms with Crippen LogP contribution in [0, 0.1) is 0 Å². The Morgan fingerprint density at radius 1 is 0.562 bits per heavy atom. The van der Waals surface area contributed by atoms with Gasteiger partial charge in [0.1, 0.15) is 24.4 Å². The Hall–Kier alpha value is -3.44. The second-order valence-corrected chi connectivity index (χ2v) is 12.4. The molecule has 2 heterocycles. The van der Waals surface area contributed by atoms with Crippen LogP contribution in [-0.4, -0.2) is 60.9 Å². The molecule has 254 valence electrons. The predicted octanol–water partition coefficient (Wildman–Crippen LogP) is 6.59. The van der Waals surface area contributed by atoms with Gasteiger partial charge in [0.05, 0.1) is 45.2 Å². The van der Waals surface area contributed by atoms with Crippen molar-refractivity contribution in [3.8, 4) is 0 Å². The van der Waals surface area contributed by atoms with Gasteiger partial charge in [-0.05, 0) is 35.6 Å². The van der Waals surface area contributed by atoms with E-state index in [4.69, 9.17) is 33.2 Å². The van der Waals surface area contributed by atoms with Crippen LogP contribution in [0.2, 0.25) is 0 Å². The summed E-state index contributed by atoms with van der Waals surface area (Å²) in [5.41, 5.74) is 4.17. The van der Waals surface area contributed by atoms with Gasteiger partial charge in [-0.2, -0.15) is 0 Å². The van der Waals surface area contributed by atoms with Crippen molar-refractivity contribution in [3.05, 3.63) is 144 Å². The van der Waals surface area contributed by atoms with Gasteiger partial charge in [-0.3, -0.25) is 0 Å². The van der Waals surface area contributed by atoms with E-state index < -0.39 is 37.0 Å². The van der Waals surface area contributed by atoms with Crippen molar-refractivity contribution in [2.75, 3.05) is 6.61 Å². The van der Waals surface area contributed by atoms with Gasteiger partial charge >= 0.3 is 0 Å². The van der Waals surface area contributed by atoms with E-state index >= 15 is 0 Å². The molecule has 4 aromatic carbocycles. The standard InChI is InChI=1S/C40H46O8/c1-29-34(43-25-31-16-8-3-9-17-31)22-23-36(46-29)48-39-38(45-27-33-20-12-5-13-21-33)37(44-26-32-18-10-4-11-19-32)35(47-40(39)41)28-42-24-30-14-6-2-7-15-30/h2-21,29,34-41H,22-28H2,1H3/t29-,34+,35+,36?,37+,38-,39+,40-/m0/s1. The lowest BCUT2D eigenvalue weighted by Crippen LogP contribution is -2.62. The Morgan fingerprint density at radius 3 is 1.56 bits per heavy atom. The highest BCUT2D eigenvalue weighted by Gasteiger charge is 2.49. The van der Waals surface area contributed by atoms with Crippen LogP contribution in [0.5, 0.6) is 0 Å². The van der Waals surface area contributed by atoms with Crippen LogP contribution < -0.4 is 0 Å². The molecule has 2 saturated heterocycles. The highest BCUT2D eigenvalue weighted by Crippen LogP contribution is 2.33. The molecule has 0 spiro atoms. The highest BCUT2D eigenvalue weighted by atomic mass is 16.7. The van der Waals surface area contributed by atoms with E-state index in [2.05, 4.69) is 12.1 Å². The SMILES string of the molecule is C[C@@H]1OC(O[C@@H]2[C@@H](OCc3ccccc3)[C@H](OCc3ccccc3)[C@@H](COCc3ccccc3)O[C@@H]2O)CC[C@H]1OCc1ccccc1. The average Bonchev–Trinajstić information content (AvgIpc) is 3.13. The van der Waals surface area contributed by atoms with Crippen LogP contribution in [0.15, 0.2) is 121 Å². The van der Waals surface area contributed by atoms with Crippen LogP contribution in [0.1, 0.15) is 42.0 Å². The first-order chi connectivity index (χ1) is 23.6. The summed E-state index contributed by atoms with van der Waals surface area (Å²) in [6, 6.07) is 40.0. The van der Waals surface area contributed by atoms with Gasteiger partial charge in [-0.15, -0.1) is 0 Å². The van der Waals surface area contributed by atoms with E-state index in [-0.39, 0.29) is 18.8 Å². The largest absolute Gasteiger partial charge is 0.374 e. The minimum absolute atomic E-state index is 0.0733. The fourth-order valence-corrected chi connectivity index (χ4v) is 6.17. The van der Waals surface area contributed by atoms with Crippen molar-refractivity contribution < 1.29 is 38.3 Å². The van der Waals surface area contributed by atoms with Gasteiger partial charge in [0.25, 0.3) is 0 Å². The topological polar surface area (TPSA) is 84.8 Å². The first-order valence-corrected chi connectivity index (χ1v) is 16.8. The third-order valence-electron chi connectivity index (χ3n) is 8.77. The molecule has 0 aliphatic carbocycles. The quantitative estimate of drug-likeness (QED) is 0.154. The molecule has 6 rings (SSSR count). The molecule has 48 heavy (non-hydrogen) atoms. The van der Waals surface area contributed by atoms with Gasteiger partial charge < -0.3 is 38.3 Å². The van der Waals surface area contributed by atoms with E-state index in [1.165, 1.54) is 0 Å². The zero-order valence-corrected chi connectivity index (χ0v) is 27.4. The summed E-state index contributed by atoms with van der Waals surface area (Å²) in [5.74, 6) is 0. The number of aliphatic hydroxyl groups excluding tert-OH is 1. The molecular formula is C40H46O8. The average molecular weight is 655 g/mol. The Labute approximate surface area is 283 Å². The highest BCUT2D eigenvalue weighted by molar-refractivity contribution is 5.16. The predicted molar refractivity (Wildman–Crippen MR) is 180 cm³/mol. The molecule has 8 nitrogen and oxygen atoms in total. The molecule has 2 aliphatic heterocycles. The molecule has 2 fully saturated rings. The summed E-state index contributed by atoms with van der Waals surface area (Å²) in [5, 5.41) is 11.5. The van der Waals surface area contributed by atoms with Gasteiger partial charge in [0, 0.05) is 6.42 Å². The summed E-state index contributed by atoms with van der Waals surface area (Å²) < 4.78 is 44.6. The van der Waals surface area contributed by atoms with Crippen LogP contribution >= 0.6 is 0 Å². The number of ether oxygens (including phenoxy) is 7. The molecule has 0 radical (unpaired) electrons. The molecule has 0 saturated carbocycles. The van der Waals surface area contributed by atoms with Gasteiger partial charge in [0.15, 0.2) is 12.6 Å². The first-order valence-electron chi connectivity index (χ1n) is 16.8. The maximum Gasteiger partial charge on any atom is 0.184 e. The Balaban J connectivity index is 1.16. The lowest BCUT2D eigenvalue weighted by atomic mass is 9.97. The van der Waals surface area contributed by atoms with E-state index in [0.29, 0.717) is 32.8 Å². The van der Waals surface area contributed by atoms with Crippen LogP contribution in [0.4, 0.5) is 0 Å². The minimum Gasteiger partial charge on any atom is -0.374 e. The van der Waals surface area contributed by atoms with Crippen molar-refractivity contribution in [2.24, 2.45) is 0 Å². The fraction of sp³-hybridized carbons (Fsp3) is 0.400. The lowest BCUT2D eigenvalue weighted by Gasteiger charge is -2.46. The van der Waals surface area contributed by atoms with E-state index in [0.717, 1.165) is 28.7 Å². The van der Waals surface area contributed by atoms with Gasteiger partial charge in [0.2, 0.25) is 0 Å². The molecular weight excluding hydrogens is 608 g/mol. The van der Waals surface area contributed by atoms with Crippen molar-refractivity contribution in [1.29, 1.82) is 0 Å². The zero-order chi connectivity index (χ0) is 33.0. The minimum atomic E-state index is -1.29. The molecule has 0 bridgehead atoms. The fourth-order valence-electron chi connectivity index (χ4n) is 6.17. The Kier molecular flexibility index (Phi) is 12.8. The summed E-state index contributed by atoms with van der Waals surface area (Å²) in [7, 11) is 0. The number of hydrogen-bond acceptors (Lipinski definition) is 8. The summed E-state index contributed by atoms with van der Waals surface area (Å²) in [6.07, 6.45) is -3.59. The van der Waals surface area contributed by atoms with E-state index in [1.807, 2.05) is 116 Å². The van der Waals surface area contributed by atoms with Crippen molar-refractivity contribution in [2.45, 2.75) is 95.4 Å². The van der Waals surface area contributed by atoms with Crippen LogP contribution in [0.3, 0.4) is 0 Å². The second-order valence-electron chi connectivity index (χ2n) is 12.4. The molecule has 2 aliphatic rings. The van der Waals surface area contributed by atoms with Crippen molar-refractivity contribution in [1.82, 2.24) is 0 Å². The van der Waals surface area contributed by atoms with Crippen LogP contribution in [-0.2, 0) is 59.6 Å².